The number of rotatable bonds is 4. The van der Waals surface area contributed by atoms with Gasteiger partial charge in [0.15, 0.2) is 11.5 Å². The second-order valence-electron chi connectivity index (χ2n) is 9.42. The van der Waals surface area contributed by atoms with Gasteiger partial charge in [-0.1, -0.05) is 61.0 Å². The Balaban J connectivity index is 1.38. The van der Waals surface area contributed by atoms with Crippen LogP contribution in [0.1, 0.15) is 46.8 Å². The Morgan fingerprint density at radius 2 is 1.52 bits per heavy atom. The smallest absolute Gasteiger partial charge is 0.163 e. The molecule has 6 rings (SSSR count). The van der Waals surface area contributed by atoms with Crippen LogP contribution >= 0.6 is 0 Å². The summed E-state index contributed by atoms with van der Waals surface area (Å²) in [6.45, 7) is 7.38. The Hall–Kier alpha value is -3.02. The van der Waals surface area contributed by atoms with E-state index in [0.717, 1.165) is 31.0 Å². The molecule has 3 heterocycles. The maximum Gasteiger partial charge on any atom is 0.163 e. The van der Waals surface area contributed by atoms with E-state index in [4.69, 9.17) is 9.47 Å². The van der Waals surface area contributed by atoms with Crippen LogP contribution in [0, 0.1) is 12.8 Å². The predicted octanol–water partition coefficient (Wildman–Crippen LogP) is 4.86. The largest absolute Gasteiger partial charge is 0.486 e. The lowest BCUT2D eigenvalue weighted by Crippen LogP contribution is -2.39. The van der Waals surface area contributed by atoms with Gasteiger partial charge in [-0.05, 0) is 41.7 Å². The number of anilines is 1. The van der Waals surface area contributed by atoms with E-state index in [1.165, 1.54) is 33.5 Å². The van der Waals surface area contributed by atoms with Crippen LogP contribution in [0.2, 0.25) is 0 Å². The zero-order valence-corrected chi connectivity index (χ0v) is 19.3. The Bertz CT molecular complexity index is 1140. The van der Waals surface area contributed by atoms with Gasteiger partial charge in [0.05, 0.1) is 12.1 Å². The molecule has 3 aromatic rings. The first-order valence-corrected chi connectivity index (χ1v) is 12.0. The Labute approximate surface area is 195 Å². The Morgan fingerprint density at radius 3 is 2.24 bits per heavy atom. The van der Waals surface area contributed by atoms with Crippen molar-refractivity contribution >= 4 is 5.69 Å². The SMILES string of the molecule is CCc1ccc(C2NNC3c4cc5c(cc4N(Cc4ccc(C)cc4)CC23)OCCO5)cc1. The van der Waals surface area contributed by atoms with Crippen LogP contribution in [0.15, 0.2) is 60.7 Å². The van der Waals surface area contributed by atoms with Crippen molar-refractivity contribution in [2.75, 3.05) is 24.7 Å². The highest BCUT2D eigenvalue weighted by atomic mass is 16.6. The van der Waals surface area contributed by atoms with Crippen molar-refractivity contribution in [3.8, 4) is 11.5 Å². The summed E-state index contributed by atoms with van der Waals surface area (Å²) in [5, 5.41) is 0. The fourth-order valence-corrected chi connectivity index (χ4v) is 5.43. The van der Waals surface area contributed by atoms with Crippen LogP contribution in [-0.4, -0.2) is 19.8 Å². The third-order valence-corrected chi connectivity index (χ3v) is 7.29. The molecule has 3 aliphatic rings. The number of nitrogens with one attached hydrogen (secondary N) is 2. The fourth-order valence-electron chi connectivity index (χ4n) is 5.43. The summed E-state index contributed by atoms with van der Waals surface area (Å²) in [7, 11) is 0. The molecule has 3 aromatic carbocycles. The van der Waals surface area contributed by atoms with Crippen molar-refractivity contribution in [1.29, 1.82) is 0 Å². The van der Waals surface area contributed by atoms with E-state index in [2.05, 4.69) is 90.3 Å². The summed E-state index contributed by atoms with van der Waals surface area (Å²) in [6, 6.07) is 22.8. The van der Waals surface area contributed by atoms with Crippen molar-refractivity contribution in [3.05, 3.63) is 88.5 Å². The molecule has 3 unspecified atom stereocenters. The molecular weight excluding hydrogens is 410 g/mol. The lowest BCUT2D eigenvalue weighted by molar-refractivity contribution is 0.171. The summed E-state index contributed by atoms with van der Waals surface area (Å²) in [4.78, 5) is 2.52. The van der Waals surface area contributed by atoms with Crippen LogP contribution < -0.4 is 25.2 Å². The normalized spacial score (nSPS) is 23.2. The second kappa shape index (κ2) is 8.40. The van der Waals surface area contributed by atoms with Crippen LogP contribution in [-0.2, 0) is 13.0 Å². The summed E-state index contributed by atoms with van der Waals surface area (Å²) < 4.78 is 11.9. The Morgan fingerprint density at radius 1 is 0.848 bits per heavy atom. The van der Waals surface area contributed by atoms with Crippen LogP contribution in [0.4, 0.5) is 5.69 Å². The van der Waals surface area contributed by atoms with Gasteiger partial charge in [-0.25, -0.2) is 10.9 Å². The van der Waals surface area contributed by atoms with E-state index in [1.54, 1.807) is 0 Å². The summed E-state index contributed by atoms with van der Waals surface area (Å²) in [6.07, 6.45) is 1.06. The molecular formula is C28H31N3O2. The highest BCUT2D eigenvalue weighted by Gasteiger charge is 2.44. The van der Waals surface area contributed by atoms with Gasteiger partial charge in [0.25, 0.3) is 0 Å². The number of nitrogens with zero attached hydrogens (tertiary/aromatic N) is 1. The summed E-state index contributed by atoms with van der Waals surface area (Å²) in [5.41, 5.74) is 15.1. The number of aryl methyl sites for hydroxylation is 2. The lowest BCUT2D eigenvalue weighted by Gasteiger charge is -2.40. The first kappa shape index (κ1) is 20.6. The number of hydrazine groups is 1. The average Bonchev–Trinajstić information content (AvgIpc) is 3.28. The van der Waals surface area contributed by atoms with Crippen LogP contribution in [0.25, 0.3) is 0 Å². The molecule has 0 spiro atoms. The molecule has 0 saturated carbocycles. The lowest BCUT2D eigenvalue weighted by atomic mass is 9.81. The number of ether oxygens (including phenoxy) is 2. The summed E-state index contributed by atoms with van der Waals surface area (Å²) in [5.74, 6) is 2.11. The molecule has 0 amide bonds. The second-order valence-corrected chi connectivity index (χ2v) is 9.42. The molecule has 3 atom stereocenters. The molecule has 5 nitrogen and oxygen atoms in total. The van der Waals surface area contributed by atoms with Crippen molar-refractivity contribution in [3.63, 3.8) is 0 Å². The zero-order valence-electron chi connectivity index (χ0n) is 19.3. The monoisotopic (exact) mass is 441 g/mol. The fraction of sp³-hybridized carbons (Fsp3) is 0.357. The third-order valence-electron chi connectivity index (χ3n) is 7.29. The molecule has 1 saturated heterocycles. The van der Waals surface area contributed by atoms with Crippen LogP contribution in [0.3, 0.4) is 0 Å². The minimum Gasteiger partial charge on any atom is -0.486 e. The minimum absolute atomic E-state index is 0.223. The summed E-state index contributed by atoms with van der Waals surface area (Å²) >= 11 is 0. The van der Waals surface area contributed by atoms with Crippen molar-refractivity contribution < 1.29 is 9.47 Å². The van der Waals surface area contributed by atoms with Crippen LogP contribution in [0.5, 0.6) is 11.5 Å². The highest BCUT2D eigenvalue weighted by Crippen LogP contribution is 2.49. The molecule has 1 fully saturated rings. The number of hydrogen-bond donors (Lipinski definition) is 2. The quantitative estimate of drug-likeness (QED) is 0.606. The van der Waals surface area contributed by atoms with Gasteiger partial charge in [0, 0.05) is 30.8 Å². The van der Waals surface area contributed by atoms with Crippen molar-refractivity contribution in [1.82, 2.24) is 10.9 Å². The molecule has 0 aromatic heterocycles. The van der Waals surface area contributed by atoms with E-state index in [1.807, 2.05) is 0 Å². The maximum atomic E-state index is 5.95. The molecule has 3 aliphatic heterocycles. The molecule has 0 radical (unpaired) electrons. The van der Waals surface area contributed by atoms with Gasteiger partial charge in [-0.2, -0.15) is 0 Å². The standard InChI is InChI=1S/C28H31N3O2/c1-3-19-8-10-21(11-9-19)27-23-17-31(16-20-6-4-18(2)5-7-20)24-15-26-25(32-12-13-33-26)14-22(24)28(23)30-29-27/h4-11,14-15,23,27-30H,3,12-13,16-17H2,1-2H3. The maximum absolute atomic E-state index is 5.95. The van der Waals surface area contributed by atoms with Gasteiger partial charge in [-0.3, -0.25) is 0 Å². The molecule has 5 heteroatoms. The highest BCUT2D eigenvalue weighted by molar-refractivity contribution is 5.65. The molecule has 2 N–H and O–H groups in total. The van der Waals surface area contributed by atoms with E-state index in [0.29, 0.717) is 19.1 Å². The number of hydrogen-bond acceptors (Lipinski definition) is 5. The number of fused-ring (bicyclic) bond motifs is 4. The van der Waals surface area contributed by atoms with Crippen molar-refractivity contribution in [2.45, 2.75) is 38.9 Å². The van der Waals surface area contributed by atoms with Gasteiger partial charge < -0.3 is 14.4 Å². The van der Waals surface area contributed by atoms with Gasteiger partial charge in [0.1, 0.15) is 13.2 Å². The van der Waals surface area contributed by atoms with E-state index >= 15 is 0 Å². The first-order chi connectivity index (χ1) is 16.2. The molecule has 170 valence electrons. The average molecular weight is 442 g/mol. The van der Waals surface area contributed by atoms with Crippen molar-refractivity contribution in [2.24, 2.45) is 5.92 Å². The van der Waals surface area contributed by atoms with Gasteiger partial charge in [-0.15, -0.1) is 0 Å². The topological polar surface area (TPSA) is 45.8 Å². The minimum atomic E-state index is 0.223. The van der Waals surface area contributed by atoms with Gasteiger partial charge >= 0.3 is 0 Å². The molecule has 0 bridgehead atoms. The zero-order chi connectivity index (χ0) is 22.4. The van der Waals surface area contributed by atoms with E-state index < -0.39 is 0 Å². The Kier molecular flexibility index (Phi) is 5.24. The number of benzene rings is 3. The third kappa shape index (κ3) is 3.75. The van der Waals surface area contributed by atoms with E-state index in [-0.39, 0.29) is 12.1 Å². The first-order valence-electron chi connectivity index (χ1n) is 12.0. The molecule has 0 aliphatic carbocycles. The van der Waals surface area contributed by atoms with Gasteiger partial charge in [0.2, 0.25) is 0 Å². The molecule has 33 heavy (non-hydrogen) atoms. The van der Waals surface area contributed by atoms with E-state index in [9.17, 15) is 0 Å². The predicted molar refractivity (Wildman–Crippen MR) is 131 cm³/mol.